The molecule has 0 aliphatic heterocycles. The third-order valence-electron chi connectivity index (χ3n) is 4.51. The van der Waals surface area contributed by atoms with E-state index >= 15 is 0 Å². The lowest BCUT2D eigenvalue weighted by Gasteiger charge is -2.40. The monoisotopic (exact) mass is 211 g/mol. The second kappa shape index (κ2) is 4.84. The average Bonchev–Trinajstić information content (AvgIpc) is 2.22. The van der Waals surface area contributed by atoms with E-state index in [9.17, 15) is 5.11 Å². The van der Waals surface area contributed by atoms with Gasteiger partial charge in [0.2, 0.25) is 0 Å². The topological polar surface area (TPSA) is 46.2 Å². The van der Waals surface area contributed by atoms with Gasteiger partial charge in [0.1, 0.15) is 0 Å². The van der Waals surface area contributed by atoms with E-state index in [-0.39, 0.29) is 6.10 Å². The quantitative estimate of drug-likeness (QED) is 0.699. The third-order valence-corrected chi connectivity index (χ3v) is 4.51. The maximum absolute atomic E-state index is 9.72. The molecule has 88 valence electrons. The summed E-state index contributed by atoms with van der Waals surface area (Å²) in [4.78, 5) is 0. The van der Waals surface area contributed by atoms with Crippen LogP contribution >= 0.6 is 0 Å². The van der Waals surface area contributed by atoms with Gasteiger partial charge in [-0.3, -0.25) is 0 Å². The number of nitrogens with two attached hydrogens (primary N) is 1. The van der Waals surface area contributed by atoms with Gasteiger partial charge in [-0.2, -0.15) is 0 Å². The van der Waals surface area contributed by atoms with Crippen LogP contribution in [0.1, 0.15) is 51.9 Å². The molecule has 0 amide bonds. The largest absolute Gasteiger partial charge is 0.393 e. The summed E-state index contributed by atoms with van der Waals surface area (Å²) in [6.45, 7) is 2.35. The molecule has 2 aliphatic rings. The summed E-state index contributed by atoms with van der Waals surface area (Å²) in [5, 5.41) is 9.72. The maximum Gasteiger partial charge on any atom is 0.0543 e. The predicted octanol–water partition coefficient (Wildman–Crippen LogP) is 2.30. The summed E-state index contributed by atoms with van der Waals surface area (Å²) in [5.41, 5.74) is 6.24. The van der Waals surface area contributed by atoms with Crippen LogP contribution in [0.3, 0.4) is 0 Å². The zero-order chi connectivity index (χ0) is 10.8. The van der Waals surface area contributed by atoms with Gasteiger partial charge in [0.05, 0.1) is 6.10 Å². The highest BCUT2D eigenvalue weighted by Crippen LogP contribution is 2.39. The molecule has 0 aromatic carbocycles. The Balaban J connectivity index is 1.94. The Kier molecular flexibility index (Phi) is 3.68. The molecule has 0 aromatic heterocycles. The number of rotatable bonds is 1. The Hall–Kier alpha value is -0.0800. The van der Waals surface area contributed by atoms with Gasteiger partial charge in [0, 0.05) is 6.04 Å². The highest BCUT2D eigenvalue weighted by Gasteiger charge is 2.34. The number of hydrogen-bond donors (Lipinski definition) is 2. The highest BCUT2D eigenvalue weighted by atomic mass is 16.3. The lowest BCUT2D eigenvalue weighted by atomic mass is 9.68. The van der Waals surface area contributed by atoms with Gasteiger partial charge >= 0.3 is 0 Å². The molecule has 2 saturated carbocycles. The van der Waals surface area contributed by atoms with Gasteiger partial charge in [-0.05, 0) is 56.3 Å². The molecule has 0 saturated heterocycles. The van der Waals surface area contributed by atoms with Crippen LogP contribution in [0.25, 0.3) is 0 Å². The van der Waals surface area contributed by atoms with E-state index in [4.69, 9.17) is 5.73 Å². The number of hydrogen-bond acceptors (Lipinski definition) is 2. The lowest BCUT2D eigenvalue weighted by molar-refractivity contribution is 0.0564. The van der Waals surface area contributed by atoms with Crippen molar-refractivity contribution >= 4 is 0 Å². The minimum Gasteiger partial charge on any atom is -0.393 e. The minimum atomic E-state index is -0.0480. The highest BCUT2D eigenvalue weighted by molar-refractivity contribution is 4.88. The predicted molar refractivity (Wildman–Crippen MR) is 62.4 cm³/mol. The molecule has 2 nitrogen and oxygen atoms in total. The second-order valence-corrected chi connectivity index (χ2v) is 5.83. The van der Waals surface area contributed by atoms with Gasteiger partial charge in [-0.25, -0.2) is 0 Å². The van der Waals surface area contributed by atoms with Crippen LogP contribution < -0.4 is 5.73 Å². The van der Waals surface area contributed by atoms with E-state index in [1.165, 1.54) is 32.1 Å². The van der Waals surface area contributed by atoms with Crippen molar-refractivity contribution in [3.63, 3.8) is 0 Å². The molecule has 2 rings (SSSR count). The molecule has 0 radical (unpaired) electrons. The molecule has 0 heterocycles. The molecule has 0 spiro atoms. The van der Waals surface area contributed by atoms with Crippen molar-refractivity contribution in [2.75, 3.05) is 0 Å². The molecule has 2 fully saturated rings. The lowest BCUT2D eigenvalue weighted by Crippen LogP contribution is -2.41. The summed E-state index contributed by atoms with van der Waals surface area (Å²) < 4.78 is 0. The van der Waals surface area contributed by atoms with Crippen molar-refractivity contribution in [2.24, 2.45) is 23.5 Å². The molecule has 15 heavy (non-hydrogen) atoms. The Bertz CT molecular complexity index is 207. The summed E-state index contributed by atoms with van der Waals surface area (Å²) in [7, 11) is 0. The average molecular weight is 211 g/mol. The fourth-order valence-corrected chi connectivity index (χ4v) is 3.58. The van der Waals surface area contributed by atoms with Crippen LogP contribution in [0.2, 0.25) is 0 Å². The number of aliphatic hydroxyl groups excluding tert-OH is 1. The summed E-state index contributed by atoms with van der Waals surface area (Å²) in [6, 6.07) is 0.400. The Morgan fingerprint density at radius 1 is 1.07 bits per heavy atom. The first-order chi connectivity index (χ1) is 7.16. The van der Waals surface area contributed by atoms with Crippen LogP contribution in [0.15, 0.2) is 0 Å². The van der Waals surface area contributed by atoms with E-state index < -0.39 is 0 Å². The third kappa shape index (κ3) is 2.73. The van der Waals surface area contributed by atoms with Crippen molar-refractivity contribution in [2.45, 2.75) is 64.0 Å². The first-order valence-corrected chi connectivity index (χ1v) is 6.60. The van der Waals surface area contributed by atoms with Gasteiger partial charge < -0.3 is 10.8 Å². The molecule has 2 aliphatic carbocycles. The van der Waals surface area contributed by atoms with Crippen LogP contribution in [0.5, 0.6) is 0 Å². The van der Waals surface area contributed by atoms with Crippen LogP contribution in [-0.2, 0) is 0 Å². The first kappa shape index (κ1) is 11.4. The van der Waals surface area contributed by atoms with Gasteiger partial charge in [0.15, 0.2) is 0 Å². The zero-order valence-corrected chi connectivity index (χ0v) is 9.86. The summed E-state index contributed by atoms with van der Waals surface area (Å²) >= 11 is 0. The molecule has 2 unspecified atom stereocenters. The van der Waals surface area contributed by atoms with E-state index in [2.05, 4.69) is 6.92 Å². The van der Waals surface area contributed by atoms with E-state index in [1.54, 1.807) is 0 Å². The first-order valence-electron chi connectivity index (χ1n) is 6.60. The van der Waals surface area contributed by atoms with Crippen LogP contribution in [0.4, 0.5) is 0 Å². The van der Waals surface area contributed by atoms with E-state index in [1.807, 2.05) is 0 Å². The molecule has 5 atom stereocenters. The molecule has 2 heteroatoms. The van der Waals surface area contributed by atoms with Gasteiger partial charge in [-0.1, -0.05) is 13.3 Å². The molecule has 0 aromatic rings. The fourth-order valence-electron chi connectivity index (χ4n) is 3.58. The van der Waals surface area contributed by atoms with Crippen molar-refractivity contribution in [3.05, 3.63) is 0 Å². The summed E-state index contributed by atoms with van der Waals surface area (Å²) in [5.74, 6) is 2.23. The van der Waals surface area contributed by atoms with Crippen molar-refractivity contribution in [3.8, 4) is 0 Å². The van der Waals surface area contributed by atoms with Crippen molar-refractivity contribution in [1.29, 1.82) is 0 Å². The van der Waals surface area contributed by atoms with Gasteiger partial charge in [-0.15, -0.1) is 0 Å². The van der Waals surface area contributed by atoms with E-state index in [0.717, 1.165) is 18.8 Å². The summed E-state index contributed by atoms with van der Waals surface area (Å²) in [6.07, 6.45) is 8.24. The molecule has 3 N–H and O–H groups in total. The standard InChI is InChI=1S/C13H25NO/c1-9-5-6-13(14)12(7-9)10-3-2-4-11(15)8-10/h9-13,15H,2-8,14H2,1H3/t9-,10?,11+,12?,13-/m0/s1. The van der Waals surface area contributed by atoms with Crippen molar-refractivity contribution < 1.29 is 5.11 Å². The maximum atomic E-state index is 9.72. The minimum absolute atomic E-state index is 0.0480. The van der Waals surface area contributed by atoms with Gasteiger partial charge in [0.25, 0.3) is 0 Å². The fraction of sp³-hybridized carbons (Fsp3) is 1.00. The van der Waals surface area contributed by atoms with Crippen LogP contribution in [-0.4, -0.2) is 17.3 Å². The Morgan fingerprint density at radius 3 is 2.60 bits per heavy atom. The molecular formula is C13H25NO. The Morgan fingerprint density at radius 2 is 1.87 bits per heavy atom. The number of aliphatic hydroxyl groups is 1. The van der Waals surface area contributed by atoms with Crippen LogP contribution in [0, 0.1) is 17.8 Å². The molecule has 0 bridgehead atoms. The molecular weight excluding hydrogens is 186 g/mol. The van der Waals surface area contributed by atoms with Crippen molar-refractivity contribution in [1.82, 2.24) is 0 Å². The zero-order valence-electron chi connectivity index (χ0n) is 9.86. The van der Waals surface area contributed by atoms with E-state index in [0.29, 0.717) is 17.9 Å². The smallest absolute Gasteiger partial charge is 0.0543 e. The SMILES string of the molecule is C[C@H]1CC[C@H](N)C(C2CCC[C@@H](O)C2)C1. The Labute approximate surface area is 93.2 Å². The normalized spacial score (nSPS) is 47.8. The second-order valence-electron chi connectivity index (χ2n) is 5.83.